The third-order valence-electron chi connectivity index (χ3n) is 1.79. The van der Waals surface area contributed by atoms with E-state index in [2.05, 4.69) is 30.1 Å². The average Bonchev–Trinajstić information content (AvgIpc) is 2.09. The van der Waals surface area contributed by atoms with Crippen molar-refractivity contribution < 1.29 is 0 Å². The molecule has 0 heterocycles. The quantitative estimate of drug-likeness (QED) is 0.449. The minimum atomic E-state index is 0.682. The molecule has 0 radical (unpaired) electrons. The summed E-state index contributed by atoms with van der Waals surface area (Å²) in [6, 6.07) is 0. The van der Waals surface area contributed by atoms with Gasteiger partial charge in [-0.1, -0.05) is 19.3 Å². The number of unbranched alkanes of at least 4 members (excludes halogenated alkanes) is 1. The maximum Gasteiger partial charge on any atom is 0.0574 e. The highest BCUT2D eigenvalue weighted by atomic mass is 15.1. The van der Waals surface area contributed by atoms with Gasteiger partial charge in [-0.15, -0.1) is 6.42 Å². The summed E-state index contributed by atoms with van der Waals surface area (Å²) >= 11 is 0. The van der Waals surface area contributed by atoms with Crippen LogP contribution in [0.15, 0.2) is 0 Å². The lowest BCUT2D eigenvalue weighted by Gasteiger charge is -2.15. The van der Waals surface area contributed by atoms with Gasteiger partial charge in [-0.2, -0.15) is 0 Å². The fraction of sp³-hybridized carbons (Fsp3) is 0.800. The molecule has 0 amide bonds. The van der Waals surface area contributed by atoms with Crippen LogP contribution in [0.25, 0.3) is 0 Å². The highest BCUT2D eigenvalue weighted by Gasteiger charge is 1.94. The van der Waals surface area contributed by atoms with E-state index in [1.807, 2.05) is 0 Å². The molecule has 0 aliphatic rings. The molecule has 2 nitrogen and oxygen atoms in total. The lowest BCUT2D eigenvalue weighted by molar-refractivity contribution is 0.328. The van der Waals surface area contributed by atoms with Gasteiger partial charge in [0.25, 0.3) is 0 Å². The Bertz CT molecular complexity index is 126. The van der Waals surface area contributed by atoms with Gasteiger partial charge in [0.05, 0.1) is 6.54 Å². The Balaban J connectivity index is 3.09. The molecule has 1 N–H and O–H groups in total. The molecule has 0 rings (SSSR count). The molecule has 0 aromatic heterocycles. The summed E-state index contributed by atoms with van der Waals surface area (Å²) in [5, 5.41) is 3.16. The lowest BCUT2D eigenvalue weighted by Crippen LogP contribution is -2.30. The van der Waals surface area contributed by atoms with Crippen molar-refractivity contribution in [3.05, 3.63) is 0 Å². The van der Waals surface area contributed by atoms with E-state index in [4.69, 9.17) is 6.42 Å². The zero-order valence-corrected chi connectivity index (χ0v) is 8.27. The van der Waals surface area contributed by atoms with Gasteiger partial charge in [-0.25, -0.2) is 0 Å². The summed E-state index contributed by atoms with van der Waals surface area (Å²) in [5.74, 6) is 2.55. The maximum absolute atomic E-state index is 5.10. The summed E-state index contributed by atoms with van der Waals surface area (Å²) in [4.78, 5) is 2.33. The van der Waals surface area contributed by atoms with Crippen molar-refractivity contribution in [1.82, 2.24) is 10.2 Å². The largest absolute Gasteiger partial charge is 0.305 e. The third kappa shape index (κ3) is 7.59. The Morgan fingerprint density at radius 2 is 2.17 bits per heavy atom. The molecule has 0 bridgehead atoms. The van der Waals surface area contributed by atoms with Gasteiger partial charge in [0, 0.05) is 13.1 Å². The molecule has 2 heteroatoms. The van der Waals surface area contributed by atoms with Crippen molar-refractivity contribution in [1.29, 1.82) is 0 Å². The van der Waals surface area contributed by atoms with E-state index in [9.17, 15) is 0 Å². The standard InChI is InChI=1S/C10H20N2/c1-4-6-9-12(3)10-8-11-7-5-2/h2,11H,4,6-10H2,1,3H3. The lowest BCUT2D eigenvalue weighted by atomic mass is 10.3. The Morgan fingerprint density at radius 3 is 2.75 bits per heavy atom. The molecular weight excluding hydrogens is 148 g/mol. The van der Waals surface area contributed by atoms with Crippen molar-refractivity contribution in [3.63, 3.8) is 0 Å². The number of nitrogens with one attached hydrogen (secondary N) is 1. The van der Waals surface area contributed by atoms with E-state index < -0.39 is 0 Å². The van der Waals surface area contributed by atoms with Gasteiger partial charge in [0.15, 0.2) is 0 Å². The fourth-order valence-corrected chi connectivity index (χ4v) is 0.970. The number of hydrogen-bond donors (Lipinski definition) is 1. The first kappa shape index (κ1) is 11.5. The van der Waals surface area contributed by atoms with Gasteiger partial charge in [0.2, 0.25) is 0 Å². The van der Waals surface area contributed by atoms with Gasteiger partial charge in [0.1, 0.15) is 0 Å². The zero-order chi connectivity index (χ0) is 9.23. The fourth-order valence-electron chi connectivity index (χ4n) is 0.970. The van der Waals surface area contributed by atoms with E-state index >= 15 is 0 Å². The summed E-state index contributed by atoms with van der Waals surface area (Å²) in [6.45, 7) is 6.16. The number of hydrogen-bond acceptors (Lipinski definition) is 2. The molecule has 0 fully saturated rings. The predicted octanol–water partition coefficient (Wildman–Crippen LogP) is 0.941. The number of rotatable bonds is 7. The van der Waals surface area contributed by atoms with Gasteiger partial charge >= 0.3 is 0 Å². The molecule has 0 aromatic rings. The van der Waals surface area contributed by atoms with Crippen molar-refractivity contribution in [2.24, 2.45) is 0 Å². The van der Waals surface area contributed by atoms with Crippen LogP contribution in [0.3, 0.4) is 0 Å². The molecular formula is C10H20N2. The first-order chi connectivity index (χ1) is 5.81. The van der Waals surface area contributed by atoms with E-state index in [-0.39, 0.29) is 0 Å². The molecule has 0 unspecified atom stereocenters. The highest BCUT2D eigenvalue weighted by molar-refractivity contribution is 4.86. The second-order valence-electron chi connectivity index (χ2n) is 3.04. The van der Waals surface area contributed by atoms with Gasteiger partial charge in [-0.3, -0.25) is 0 Å². The first-order valence-corrected chi connectivity index (χ1v) is 4.64. The summed E-state index contributed by atoms with van der Waals surface area (Å²) < 4.78 is 0. The molecule has 0 saturated carbocycles. The van der Waals surface area contributed by atoms with E-state index in [0.29, 0.717) is 6.54 Å². The molecule has 70 valence electrons. The van der Waals surface area contributed by atoms with Crippen LogP contribution < -0.4 is 5.32 Å². The van der Waals surface area contributed by atoms with E-state index in [1.165, 1.54) is 19.4 Å². The van der Waals surface area contributed by atoms with Gasteiger partial charge < -0.3 is 10.2 Å². The maximum atomic E-state index is 5.10. The Hall–Kier alpha value is -0.520. The molecule has 0 saturated heterocycles. The molecule has 0 spiro atoms. The Labute approximate surface area is 76.3 Å². The van der Waals surface area contributed by atoms with Crippen molar-refractivity contribution in [3.8, 4) is 12.3 Å². The minimum Gasteiger partial charge on any atom is -0.305 e. The van der Waals surface area contributed by atoms with Crippen LogP contribution in [0, 0.1) is 12.3 Å². The molecule has 0 atom stereocenters. The van der Waals surface area contributed by atoms with Crippen LogP contribution in [0.2, 0.25) is 0 Å². The molecule has 12 heavy (non-hydrogen) atoms. The van der Waals surface area contributed by atoms with Crippen LogP contribution in [0.1, 0.15) is 19.8 Å². The van der Waals surface area contributed by atoms with Gasteiger partial charge in [-0.05, 0) is 20.0 Å². The molecule has 0 aromatic carbocycles. The monoisotopic (exact) mass is 168 g/mol. The smallest absolute Gasteiger partial charge is 0.0574 e. The van der Waals surface area contributed by atoms with Crippen molar-refractivity contribution in [2.45, 2.75) is 19.8 Å². The van der Waals surface area contributed by atoms with Crippen LogP contribution in [0.5, 0.6) is 0 Å². The van der Waals surface area contributed by atoms with E-state index in [1.54, 1.807) is 0 Å². The average molecular weight is 168 g/mol. The van der Waals surface area contributed by atoms with Crippen LogP contribution in [0.4, 0.5) is 0 Å². The van der Waals surface area contributed by atoms with Crippen LogP contribution >= 0.6 is 0 Å². The Kier molecular flexibility index (Phi) is 8.20. The number of likely N-dealkylation sites (N-methyl/N-ethyl adjacent to an activating group) is 1. The van der Waals surface area contributed by atoms with E-state index in [0.717, 1.165) is 13.1 Å². The molecule has 0 aliphatic heterocycles. The van der Waals surface area contributed by atoms with Crippen LogP contribution in [-0.4, -0.2) is 38.1 Å². The predicted molar refractivity (Wildman–Crippen MR) is 54.1 cm³/mol. The normalized spacial score (nSPS) is 10.2. The number of terminal acetylenes is 1. The molecule has 0 aliphatic carbocycles. The summed E-state index contributed by atoms with van der Waals surface area (Å²) in [7, 11) is 2.15. The second-order valence-corrected chi connectivity index (χ2v) is 3.04. The van der Waals surface area contributed by atoms with Crippen molar-refractivity contribution in [2.75, 3.05) is 33.2 Å². The first-order valence-electron chi connectivity index (χ1n) is 4.64. The Morgan fingerprint density at radius 1 is 1.42 bits per heavy atom. The topological polar surface area (TPSA) is 15.3 Å². The zero-order valence-electron chi connectivity index (χ0n) is 8.27. The summed E-state index contributed by atoms with van der Waals surface area (Å²) in [5.41, 5.74) is 0. The minimum absolute atomic E-state index is 0.682. The number of nitrogens with zero attached hydrogens (tertiary/aromatic N) is 1. The van der Waals surface area contributed by atoms with Crippen LogP contribution in [-0.2, 0) is 0 Å². The summed E-state index contributed by atoms with van der Waals surface area (Å²) in [6.07, 6.45) is 7.65. The SMILES string of the molecule is C#CCNCCN(C)CCCC. The second kappa shape index (κ2) is 8.58. The highest BCUT2D eigenvalue weighted by Crippen LogP contribution is 1.89. The van der Waals surface area contributed by atoms with Crippen molar-refractivity contribution >= 4 is 0 Å². The third-order valence-corrected chi connectivity index (χ3v) is 1.79.